The van der Waals surface area contributed by atoms with Crippen molar-refractivity contribution < 1.29 is 55.3 Å². The monoisotopic (exact) mass is 826 g/mol. The Bertz CT molecular complexity index is 2010. The minimum Gasteiger partial charge on any atom is -0.619 e. The Kier molecular flexibility index (Phi) is 13.0. The van der Waals surface area contributed by atoms with Crippen molar-refractivity contribution >= 4 is 56.7 Å². The number of nitrogens with zero attached hydrogens (tertiary/aromatic N) is 3. The highest BCUT2D eigenvalue weighted by atomic mass is 35.5. The number of aromatic nitrogens is 1. The highest BCUT2D eigenvalue weighted by molar-refractivity contribution is 7.92. The molecule has 1 aliphatic carbocycles. The quantitative estimate of drug-likeness (QED) is 0.0603. The van der Waals surface area contributed by atoms with E-state index in [-0.39, 0.29) is 74.2 Å². The minimum atomic E-state index is -3.78. The average molecular weight is 828 g/mol. The zero-order valence-electron chi connectivity index (χ0n) is 29.4. The smallest absolute Gasteiger partial charge is 0.387 e. The highest BCUT2D eigenvalue weighted by Gasteiger charge is 2.38. The van der Waals surface area contributed by atoms with E-state index in [0.717, 1.165) is 44.9 Å². The molecule has 0 spiro atoms. The van der Waals surface area contributed by atoms with E-state index in [1.807, 2.05) is 0 Å². The number of imide groups is 1. The predicted molar refractivity (Wildman–Crippen MR) is 195 cm³/mol. The molecule has 19 heteroatoms. The molecular formula is C36H38Cl2F2N4O10S. The van der Waals surface area contributed by atoms with Crippen LogP contribution in [0.2, 0.25) is 10.0 Å². The third kappa shape index (κ3) is 10.7. The molecule has 2 aromatic carbocycles. The van der Waals surface area contributed by atoms with Gasteiger partial charge in [0.2, 0.25) is 10.0 Å². The fraction of sp³-hybridized carbons (Fsp3) is 0.444. The Labute approximate surface area is 325 Å². The molecule has 3 aromatic rings. The van der Waals surface area contributed by atoms with E-state index in [1.165, 1.54) is 36.4 Å². The number of ether oxygens (including phenoxy) is 4. The van der Waals surface area contributed by atoms with Gasteiger partial charge in [0, 0.05) is 30.8 Å². The van der Waals surface area contributed by atoms with Crippen molar-refractivity contribution in [2.24, 2.45) is 5.92 Å². The number of rotatable bonds is 18. The molecule has 3 aliphatic rings. The predicted octanol–water partition coefficient (Wildman–Crippen LogP) is 4.99. The molecule has 1 N–H and O–H groups in total. The van der Waals surface area contributed by atoms with E-state index in [2.05, 4.69) is 14.4 Å². The summed E-state index contributed by atoms with van der Waals surface area (Å²) in [5, 5.41) is 11.8. The van der Waals surface area contributed by atoms with Crippen LogP contribution in [-0.2, 0) is 30.7 Å². The van der Waals surface area contributed by atoms with Crippen molar-refractivity contribution in [1.29, 1.82) is 0 Å². The first-order valence-corrected chi connectivity index (χ1v) is 20.0. The number of alkyl halides is 2. The lowest BCUT2D eigenvalue weighted by molar-refractivity contribution is -0.605. The number of anilines is 1. The zero-order chi connectivity index (χ0) is 39.3. The Morgan fingerprint density at radius 1 is 1.00 bits per heavy atom. The summed E-state index contributed by atoms with van der Waals surface area (Å²) in [6.07, 6.45) is 3.57. The molecule has 1 saturated carbocycles. The number of morpholine rings is 1. The summed E-state index contributed by atoms with van der Waals surface area (Å²) in [4.78, 5) is 43.1. The van der Waals surface area contributed by atoms with Crippen LogP contribution < -0.4 is 18.9 Å². The second-order valence-corrected chi connectivity index (χ2v) is 16.0. The molecule has 3 heterocycles. The van der Waals surface area contributed by atoms with Gasteiger partial charge in [-0.15, -0.1) is 0 Å². The molecule has 1 saturated heterocycles. The molecule has 0 radical (unpaired) electrons. The topological polar surface area (TPSA) is 168 Å². The molecule has 1 atom stereocenters. The second-order valence-electron chi connectivity index (χ2n) is 13.4. The van der Waals surface area contributed by atoms with Gasteiger partial charge in [-0.1, -0.05) is 29.3 Å². The summed E-state index contributed by atoms with van der Waals surface area (Å²) < 4.78 is 76.5. The van der Waals surface area contributed by atoms with Crippen LogP contribution in [0.1, 0.15) is 63.6 Å². The van der Waals surface area contributed by atoms with E-state index in [0.29, 0.717) is 35.7 Å². The number of pyridine rings is 1. The van der Waals surface area contributed by atoms with E-state index < -0.39 is 47.1 Å². The highest BCUT2D eigenvalue weighted by Crippen LogP contribution is 2.38. The van der Waals surface area contributed by atoms with E-state index >= 15 is 0 Å². The van der Waals surface area contributed by atoms with Crippen molar-refractivity contribution in [3.8, 4) is 11.5 Å². The van der Waals surface area contributed by atoms with Crippen molar-refractivity contribution in [3.63, 3.8) is 0 Å². The van der Waals surface area contributed by atoms with E-state index in [4.69, 9.17) is 37.4 Å². The van der Waals surface area contributed by atoms with Crippen LogP contribution in [0.5, 0.6) is 11.5 Å². The number of halogens is 4. The van der Waals surface area contributed by atoms with E-state index in [9.17, 15) is 36.8 Å². The van der Waals surface area contributed by atoms with Crippen LogP contribution in [-0.4, -0.2) is 94.4 Å². The second kappa shape index (κ2) is 17.7. The number of esters is 1. The number of carbonyl (C=O) groups is 3. The van der Waals surface area contributed by atoms with Gasteiger partial charge >= 0.3 is 12.6 Å². The van der Waals surface area contributed by atoms with Crippen LogP contribution in [0.4, 0.5) is 14.5 Å². The van der Waals surface area contributed by atoms with Gasteiger partial charge in [0.25, 0.3) is 11.8 Å². The maximum Gasteiger partial charge on any atom is 0.387 e. The van der Waals surface area contributed by atoms with Gasteiger partial charge in [0.05, 0.1) is 36.7 Å². The largest absolute Gasteiger partial charge is 0.619 e. The molecule has 55 heavy (non-hydrogen) atoms. The van der Waals surface area contributed by atoms with E-state index in [1.54, 1.807) is 0 Å². The lowest BCUT2D eigenvalue weighted by atomic mass is 10.0. The molecule has 6 rings (SSSR count). The summed E-state index contributed by atoms with van der Waals surface area (Å²) in [7, 11) is -3.78. The Morgan fingerprint density at radius 3 is 2.40 bits per heavy atom. The molecule has 0 bridgehead atoms. The maximum atomic E-state index is 13.5. The number of nitrogens with one attached hydrogen (secondary N) is 1. The first-order chi connectivity index (χ1) is 26.3. The number of hydrogen-bond acceptors (Lipinski definition) is 11. The molecule has 2 amide bonds. The number of amides is 2. The van der Waals surface area contributed by atoms with Crippen molar-refractivity contribution in [3.05, 3.63) is 86.3 Å². The first-order valence-electron chi connectivity index (χ1n) is 17.5. The van der Waals surface area contributed by atoms with Crippen LogP contribution in [0.25, 0.3) is 0 Å². The molecule has 1 aromatic heterocycles. The van der Waals surface area contributed by atoms with Crippen molar-refractivity contribution in [2.75, 3.05) is 56.5 Å². The number of sulfonamides is 1. The van der Waals surface area contributed by atoms with Crippen molar-refractivity contribution in [2.45, 2.75) is 44.8 Å². The number of hydrogen-bond donors (Lipinski definition) is 1. The molecule has 2 aliphatic heterocycles. The average Bonchev–Trinajstić information content (AvgIpc) is 3.94. The maximum absolute atomic E-state index is 13.5. The van der Waals surface area contributed by atoms with Gasteiger partial charge in [-0.05, 0) is 74.0 Å². The van der Waals surface area contributed by atoms with Gasteiger partial charge in [-0.2, -0.15) is 13.5 Å². The van der Waals surface area contributed by atoms with Crippen molar-refractivity contribution in [1.82, 2.24) is 9.80 Å². The molecular weight excluding hydrogens is 789 g/mol. The zero-order valence-corrected chi connectivity index (χ0v) is 31.7. The molecule has 296 valence electrons. The Morgan fingerprint density at radius 2 is 1.71 bits per heavy atom. The molecule has 0 unspecified atom stereocenters. The summed E-state index contributed by atoms with van der Waals surface area (Å²) >= 11 is 12.7. The third-order valence-electron chi connectivity index (χ3n) is 9.22. The Hall–Kier alpha value is -4.29. The van der Waals surface area contributed by atoms with Crippen LogP contribution >= 0.6 is 23.2 Å². The Balaban J connectivity index is 1.15. The number of fused-ring (bicyclic) bond motifs is 1. The number of benzene rings is 2. The van der Waals surface area contributed by atoms with Gasteiger partial charge in [0.1, 0.15) is 22.7 Å². The van der Waals surface area contributed by atoms with Gasteiger partial charge < -0.3 is 24.2 Å². The lowest BCUT2D eigenvalue weighted by Gasteiger charge is -2.26. The van der Waals surface area contributed by atoms with Gasteiger partial charge in [-0.25, -0.2) is 8.42 Å². The minimum absolute atomic E-state index is 0.0341. The lowest BCUT2D eigenvalue weighted by Crippen LogP contribution is -2.37. The summed E-state index contributed by atoms with van der Waals surface area (Å²) in [6, 6.07) is 7.86. The number of carbonyl (C=O) groups excluding carboxylic acids is 3. The molecule has 14 nitrogen and oxygen atoms in total. The van der Waals surface area contributed by atoms with Crippen LogP contribution in [0.15, 0.2) is 48.8 Å². The molecule has 2 fully saturated rings. The summed E-state index contributed by atoms with van der Waals surface area (Å²) in [6.45, 7) is -0.0828. The first kappa shape index (κ1) is 40.4. The van der Waals surface area contributed by atoms with Gasteiger partial charge in [-0.3, -0.25) is 28.9 Å². The summed E-state index contributed by atoms with van der Waals surface area (Å²) in [5.41, 5.74) is 0.389. The number of unbranched alkanes of at least 4 members (excludes halogenated alkanes) is 1. The normalized spacial score (nSPS) is 16.6. The van der Waals surface area contributed by atoms with Gasteiger partial charge in [0.15, 0.2) is 23.9 Å². The van der Waals surface area contributed by atoms with Crippen LogP contribution in [0.3, 0.4) is 0 Å². The fourth-order valence-electron chi connectivity index (χ4n) is 6.17. The van der Waals surface area contributed by atoms with Crippen LogP contribution in [0, 0.1) is 11.1 Å². The summed E-state index contributed by atoms with van der Waals surface area (Å²) in [5.74, 6) is -2.86. The standard InChI is InChI=1S/C36H38Cl2F2N4O10S/c37-28-18-43(48)19-29(38)27(28)17-31(23-5-8-30(54-36(39)40)32(15-23)52-21-22-3-4-22)53-33(45)20-44-34(46)25-7-6-24(16-26(25)35(44)47)41-55(49,50)14-2-1-9-42-10-12-51-13-11-42/h5-8,15-16,18-19,22,31,36,41H,1-4,9-14,17,20-21H2/t31-/m0/s1. The fourth-order valence-corrected chi connectivity index (χ4v) is 7.94. The SMILES string of the molecule is O=C(CN1C(=O)c2ccc(NS(=O)(=O)CCCCN3CCOCC3)cc2C1=O)O[C@@H](Cc1c(Cl)c[n+]([O-])cc1Cl)c1ccc(OC(F)F)c(OCC2CC2)c1. The third-order valence-corrected chi connectivity index (χ3v) is 11.2.